The molecule has 8 aromatic carbocycles. The Labute approximate surface area is 285 Å². The van der Waals surface area contributed by atoms with Crippen molar-refractivity contribution in [3.8, 4) is 33.4 Å². The molecule has 0 spiro atoms. The summed E-state index contributed by atoms with van der Waals surface area (Å²) in [5, 5.41) is 5.11. The molecule has 0 aliphatic carbocycles. The topological polar surface area (TPSA) is 0 Å². The van der Waals surface area contributed by atoms with Crippen LogP contribution in [0, 0.1) is 0 Å². The van der Waals surface area contributed by atoms with Gasteiger partial charge in [-0.05, 0) is 96.9 Å². The van der Waals surface area contributed by atoms with Gasteiger partial charge in [0.2, 0.25) is 0 Å². The van der Waals surface area contributed by atoms with Crippen molar-refractivity contribution in [3.63, 3.8) is 0 Å². The van der Waals surface area contributed by atoms with Crippen LogP contribution >= 0.6 is 23.5 Å². The van der Waals surface area contributed by atoms with Crippen LogP contribution in [-0.2, 0) is 5.75 Å². The lowest BCUT2D eigenvalue weighted by molar-refractivity contribution is 1.32. The van der Waals surface area contributed by atoms with E-state index in [4.69, 9.17) is 0 Å². The minimum Gasteiger partial charge on any atom is -0.121 e. The van der Waals surface area contributed by atoms with E-state index < -0.39 is 0 Å². The van der Waals surface area contributed by atoms with E-state index in [2.05, 4.69) is 182 Å². The first-order chi connectivity index (χ1) is 23.3. The third kappa shape index (κ3) is 6.11. The maximum Gasteiger partial charge on any atom is 0.0231 e. The number of benzene rings is 8. The highest BCUT2D eigenvalue weighted by atomic mass is 32.2. The van der Waals surface area contributed by atoms with Crippen molar-refractivity contribution < 1.29 is 0 Å². The fourth-order valence-corrected chi connectivity index (χ4v) is 8.14. The molecule has 0 fully saturated rings. The van der Waals surface area contributed by atoms with Crippen LogP contribution in [0.25, 0.3) is 54.9 Å². The molecule has 0 unspecified atom stereocenters. The van der Waals surface area contributed by atoms with Crippen molar-refractivity contribution in [3.05, 3.63) is 188 Å². The molecule has 0 saturated heterocycles. The zero-order chi connectivity index (χ0) is 31.4. The lowest BCUT2D eigenvalue weighted by Crippen LogP contribution is -1.93. The Morgan fingerprint density at radius 3 is 1.47 bits per heavy atom. The summed E-state index contributed by atoms with van der Waals surface area (Å²) in [6, 6.07) is 66.1. The number of thioether (sulfide) groups is 1. The van der Waals surface area contributed by atoms with Crippen molar-refractivity contribution in [1.29, 1.82) is 0 Å². The standard InChI is InChI=1S/C45H32S2/c1-4-13-32(14-5-1)31-46-36-27-29-38(30-28-36)47-37-25-23-33(24-26-37)39-21-12-22-42-43(34-15-6-2-7-16-34)40-19-10-11-20-41(40)44(45(39)42)35-17-8-3-9-18-35/h1-30H,31H2. The molecule has 2 heteroatoms. The van der Waals surface area contributed by atoms with Gasteiger partial charge in [0.05, 0.1) is 0 Å². The number of hydrogen-bond donors (Lipinski definition) is 0. The van der Waals surface area contributed by atoms with E-state index in [9.17, 15) is 0 Å². The molecule has 8 aromatic rings. The van der Waals surface area contributed by atoms with E-state index in [1.54, 1.807) is 0 Å². The monoisotopic (exact) mass is 636 g/mol. The summed E-state index contributed by atoms with van der Waals surface area (Å²) in [6.45, 7) is 0. The third-order valence-corrected chi connectivity index (χ3v) is 10.7. The molecule has 224 valence electrons. The molecule has 0 N–H and O–H groups in total. The van der Waals surface area contributed by atoms with Crippen LogP contribution in [0.3, 0.4) is 0 Å². The zero-order valence-electron chi connectivity index (χ0n) is 25.8. The average Bonchev–Trinajstić information content (AvgIpc) is 3.15. The molecule has 8 rings (SSSR count). The maximum absolute atomic E-state index is 2.30. The molecule has 0 heterocycles. The Morgan fingerprint density at radius 1 is 0.340 bits per heavy atom. The summed E-state index contributed by atoms with van der Waals surface area (Å²) < 4.78 is 0. The Hall–Kier alpha value is -5.02. The second kappa shape index (κ2) is 13.4. The lowest BCUT2D eigenvalue weighted by Gasteiger charge is -2.20. The van der Waals surface area contributed by atoms with Gasteiger partial charge in [0, 0.05) is 20.4 Å². The van der Waals surface area contributed by atoms with E-state index in [1.807, 2.05) is 23.5 Å². The van der Waals surface area contributed by atoms with Crippen LogP contribution in [0.5, 0.6) is 0 Å². The first-order valence-electron chi connectivity index (χ1n) is 16.0. The van der Waals surface area contributed by atoms with Gasteiger partial charge in [-0.25, -0.2) is 0 Å². The highest BCUT2D eigenvalue weighted by Gasteiger charge is 2.19. The summed E-state index contributed by atoms with van der Waals surface area (Å²) in [4.78, 5) is 3.77. The first-order valence-corrected chi connectivity index (χ1v) is 17.8. The van der Waals surface area contributed by atoms with Crippen molar-refractivity contribution in [1.82, 2.24) is 0 Å². The van der Waals surface area contributed by atoms with Crippen LogP contribution in [-0.4, -0.2) is 0 Å². The van der Waals surface area contributed by atoms with E-state index >= 15 is 0 Å². The van der Waals surface area contributed by atoms with Crippen LogP contribution in [0.2, 0.25) is 0 Å². The van der Waals surface area contributed by atoms with Gasteiger partial charge < -0.3 is 0 Å². The summed E-state index contributed by atoms with van der Waals surface area (Å²) >= 11 is 3.69. The van der Waals surface area contributed by atoms with Gasteiger partial charge in [-0.15, -0.1) is 11.8 Å². The molecule has 0 amide bonds. The molecular formula is C45H32S2. The summed E-state index contributed by atoms with van der Waals surface area (Å²) in [7, 11) is 0. The van der Waals surface area contributed by atoms with Gasteiger partial charge in [0.15, 0.2) is 0 Å². The summed E-state index contributed by atoms with van der Waals surface area (Å²) in [5.74, 6) is 0.984. The predicted molar refractivity (Wildman–Crippen MR) is 204 cm³/mol. The smallest absolute Gasteiger partial charge is 0.0231 e. The second-order valence-corrected chi connectivity index (χ2v) is 13.8. The van der Waals surface area contributed by atoms with E-state index in [-0.39, 0.29) is 0 Å². The van der Waals surface area contributed by atoms with Crippen molar-refractivity contribution in [2.75, 3.05) is 0 Å². The molecule has 47 heavy (non-hydrogen) atoms. The first kappa shape index (κ1) is 29.4. The van der Waals surface area contributed by atoms with Crippen LogP contribution in [0.1, 0.15) is 5.56 Å². The van der Waals surface area contributed by atoms with E-state index in [0.717, 1.165) is 5.75 Å². The van der Waals surface area contributed by atoms with Gasteiger partial charge in [-0.3, -0.25) is 0 Å². The van der Waals surface area contributed by atoms with Crippen molar-refractivity contribution >= 4 is 45.1 Å². The number of fused-ring (bicyclic) bond motifs is 2. The van der Waals surface area contributed by atoms with Gasteiger partial charge in [0.25, 0.3) is 0 Å². The number of hydrogen-bond acceptors (Lipinski definition) is 2. The molecule has 0 nitrogen and oxygen atoms in total. The minimum atomic E-state index is 0.984. The molecule has 0 aromatic heterocycles. The Bertz CT molecular complexity index is 2280. The summed E-state index contributed by atoms with van der Waals surface area (Å²) in [5.41, 5.74) is 8.87. The quantitative estimate of drug-likeness (QED) is 0.120. The molecule has 0 radical (unpaired) electrons. The van der Waals surface area contributed by atoms with Crippen LogP contribution in [0.4, 0.5) is 0 Å². The Kier molecular flexibility index (Phi) is 8.36. The molecule has 0 aliphatic heterocycles. The highest BCUT2D eigenvalue weighted by molar-refractivity contribution is 7.99. The van der Waals surface area contributed by atoms with Gasteiger partial charge in [0.1, 0.15) is 0 Å². The zero-order valence-corrected chi connectivity index (χ0v) is 27.5. The van der Waals surface area contributed by atoms with E-state index in [1.165, 1.54) is 75.2 Å². The van der Waals surface area contributed by atoms with Gasteiger partial charge in [-0.1, -0.05) is 157 Å². The number of rotatable bonds is 8. The van der Waals surface area contributed by atoms with Gasteiger partial charge >= 0.3 is 0 Å². The second-order valence-electron chi connectivity index (χ2n) is 11.6. The molecule has 0 atom stereocenters. The SMILES string of the molecule is c1ccc(CSc2ccc(Sc3ccc(-c4cccc5c(-c6ccccc6)c6ccccc6c(-c6ccccc6)c45)cc3)cc2)cc1. The fraction of sp³-hybridized carbons (Fsp3) is 0.0222. The van der Waals surface area contributed by atoms with Crippen molar-refractivity contribution in [2.45, 2.75) is 20.4 Å². The normalized spacial score (nSPS) is 11.2. The van der Waals surface area contributed by atoms with Crippen molar-refractivity contribution in [2.24, 2.45) is 0 Å². The molecule has 0 bridgehead atoms. The molecule has 0 aliphatic rings. The minimum absolute atomic E-state index is 0.984. The molecular weight excluding hydrogens is 605 g/mol. The Morgan fingerprint density at radius 2 is 0.830 bits per heavy atom. The average molecular weight is 637 g/mol. The van der Waals surface area contributed by atoms with Gasteiger partial charge in [-0.2, -0.15) is 0 Å². The Balaban J connectivity index is 1.18. The third-order valence-electron chi connectivity index (χ3n) is 8.65. The van der Waals surface area contributed by atoms with Crippen LogP contribution in [0.15, 0.2) is 197 Å². The summed E-state index contributed by atoms with van der Waals surface area (Å²) in [6.07, 6.45) is 0. The van der Waals surface area contributed by atoms with Crippen LogP contribution < -0.4 is 0 Å². The lowest BCUT2D eigenvalue weighted by atomic mass is 9.83. The molecule has 0 saturated carbocycles. The predicted octanol–water partition coefficient (Wildman–Crippen LogP) is 13.4. The largest absolute Gasteiger partial charge is 0.121 e. The van der Waals surface area contributed by atoms with E-state index in [0.29, 0.717) is 0 Å². The fourth-order valence-electron chi connectivity index (χ4n) is 6.47. The maximum atomic E-state index is 2.30. The highest BCUT2D eigenvalue weighted by Crippen LogP contribution is 2.47.